The van der Waals surface area contributed by atoms with Gasteiger partial charge in [0, 0.05) is 39.2 Å². The molecule has 3 heterocycles. The number of hydrogen-bond acceptors (Lipinski definition) is 5. The summed E-state index contributed by atoms with van der Waals surface area (Å²) < 4.78 is 14.0. The summed E-state index contributed by atoms with van der Waals surface area (Å²) in [6.07, 6.45) is 9.02. The number of likely N-dealkylation sites (tertiary alicyclic amines) is 1. The van der Waals surface area contributed by atoms with E-state index in [1.807, 2.05) is 0 Å². The fraction of sp³-hybridized carbons (Fsp3) is 0.850. The molecule has 2 aliphatic heterocycles. The van der Waals surface area contributed by atoms with E-state index in [2.05, 4.69) is 38.8 Å². The molecule has 0 amide bonds. The number of aryl methyl sites for hydroxylation is 1. The highest BCUT2D eigenvalue weighted by molar-refractivity contribution is 14.0. The monoisotopic (exact) mass is 520 g/mol. The molecule has 2 fully saturated rings. The van der Waals surface area contributed by atoms with E-state index >= 15 is 0 Å². The van der Waals surface area contributed by atoms with Crippen molar-refractivity contribution in [3.8, 4) is 0 Å². The highest BCUT2D eigenvalue weighted by atomic mass is 127. The maximum Gasteiger partial charge on any atom is 0.193 e. The molecule has 2 aliphatic rings. The molecule has 0 aliphatic carbocycles. The number of rotatable bonds is 8. The number of halogens is 1. The van der Waals surface area contributed by atoms with E-state index in [0.717, 1.165) is 83.4 Å². The minimum atomic E-state index is 0. The average molecular weight is 520 g/mol. The number of piperidine rings is 1. The molecule has 1 N–H and O–H groups in total. The Bertz CT molecular complexity index is 598. The minimum Gasteiger partial charge on any atom is -0.376 e. The number of aliphatic imine (C=N–C) groups is 1. The summed E-state index contributed by atoms with van der Waals surface area (Å²) in [5.41, 5.74) is 0. The standard InChI is InChI=1S/C20H36N6O2.HI/c1-3-19-24-23-16-26(19)13-10-22-20(21-4-2)25-11-8-17(9-12-25)28-15-18-7-5-6-14-27-18;/h16-18H,3-15H2,1-2H3,(H,21,22);1H. The Balaban J connectivity index is 0.00000300. The van der Waals surface area contributed by atoms with Crippen LogP contribution in [0.25, 0.3) is 0 Å². The molecule has 29 heavy (non-hydrogen) atoms. The van der Waals surface area contributed by atoms with E-state index in [1.165, 1.54) is 12.8 Å². The summed E-state index contributed by atoms with van der Waals surface area (Å²) in [7, 11) is 0. The van der Waals surface area contributed by atoms with Crippen LogP contribution in [0.4, 0.5) is 0 Å². The van der Waals surface area contributed by atoms with Crippen molar-refractivity contribution >= 4 is 29.9 Å². The molecule has 1 aromatic heterocycles. The second kappa shape index (κ2) is 13.4. The summed E-state index contributed by atoms with van der Waals surface area (Å²) in [6.45, 7) is 10.2. The molecule has 0 aromatic carbocycles. The Morgan fingerprint density at radius 1 is 1.28 bits per heavy atom. The predicted octanol–water partition coefficient (Wildman–Crippen LogP) is 2.47. The Morgan fingerprint density at radius 2 is 2.10 bits per heavy atom. The van der Waals surface area contributed by atoms with Crippen molar-refractivity contribution in [2.45, 2.75) is 71.1 Å². The Labute approximate surface area is 191 Å². The lowest BCUT2D eigenvalue weighted by Gasteiger charge is -2.35. The van der Waals surface area contributed by atoms with Gasteiger partial charge in [0.25, 0.3) is 0 Å². The first-order valence-corrected chi connectivity index (χ1v) is 10.9. The van der Waals surface area contributed by atoms with Crippen molar-refractivity contribution in [2.24, 2.45) is 4.99 Å². The zero-order valence-corrected chi connectivity index (χ0v) is 20.2. The molecule has 1 unspecified atom stereocenters. The number of guanidine groups is 1. The molecule has 0 spiro atoms. The quantitative estimate of drug-likeness (QED) is 0.323. The summed E-state index contributed by atoms with van der Waals surface area (Å²) in [4.78, 5) is 7.18. The van der Waals surface area contributed by atoms with Crippen molar-refractivity contribution in [2.75, 3.05) is 39.4 Å². The van der Waals surface area contributed by atoms with Gasteiger partial charge in [-0.2, -0.15) is 0 Å². The zero-order chi connectivity index (χ0) is 19.6. The van der Waals surface area contributed by atoms with Crippen LogP contribution in [0.1, 0.15) is 51.8 Å². The molecule has 8 nitrogen and oxygen atoms in total. The highest BCUT2D eigenvalue weighted by Crippen LogP contribution is 2.18. The largest absolute Gasteiger partial charge is 0.376 e. The summed E-state index contributed by atoms with van der Waals surface area (Å²) >= 11 is 0. The van der Waals surface area contributed by atoms with Gasteiger partial charge in [-0.3, -0.25) is 4.99 Å². The van der Waals surface area contributed by atoms with Gasteiger partial charge in [0.2, 0.25) is 0 Å². The third-order valence-electron chi connectivity index (χ3n) is 5.48. The van der Waals surface area contributed by atoms with Crippen LogP contribution < -0.4 is 5.32 Å². The van der Waals surface area contributed by atoms with Crippen LogP contribution in [0.3, 0.4) is 0 Å². The third kappa shape index (κ3) is 7.67. The molecular weight excluding hydrogens is 483 g/mol. The second-order valence-electron chi connectivity index (χ2n) is 7.54. The van der Waals surface area contributed by atoms with Crippen LogP contribution in [0, 0.1) is 0 Å². The molecule has 0 saturated carbocycles. The van der Waals surface area contributed by atoms with Gasteiger partial charge in [-0.25, -0.2) is 0 Å². The molecule has 0 bridgehead atoms. The summed E-state index contributed by atoms with van der Waals surface area (Å²) in [5.74, 6) is 2.02. The van der Waals surface area contributed by atoms with Crippen molar-refractivity contribution < 1.29 is 9.47 Å². The van der Waals surface area contributed by atoms with Crippen molar-refractivity contribution in [3.63, 3.8) is 0 Å². The average Bonchev–Trinajstić information content (AvgIpc) is 3.20. The Morgan fingerprint density at radius 3 is 2.79 bits per heavy atom. The first-order chi connectivity index (χ1) is 13.8. The van der Waals surface area contributed by atoms with E-state index in [-0.39, 0.29) is 24.0 Å². The minimum absolute atomic E-state index is 0. The number of hydrogen-bond donors (Lipinski definition) is 1. The van der Waals surface area contributed by atoms with Crippen LogP contribution >= 0.6 is 24.0 Å². The van der Waals surface area contributed by atoms with E-state index < -0.39 is 0 Å². The molecule has 1 aromatic rings. The Kier molecular flexibility index (Phi) is 11.2. The number of nitrogens with one attached hydrogen (secondary N) is 1. The van der Waals surface area contributed by atoms with Crippen LogP contribution in [0.15, 0.2) is 11.3 Å². The first kappa shape index (κ1) is 24.3. The second-order valence-corrected chi connectivity index (χ2v) is 7.54. The lowest BCUT2D eigenvalue weighted by molar-refractivity contribution is -0.0721. The van der Waals surface area contributed by atoms with Crippen molar-refractivity contribution in [3.05, 3.63) is 12.2 Å². The van der Waals surface area contributed by atoms with Crippen LogP contribution in [0.2, 0.25) is 0 Å². The van der Waals surface area contributed by atoms with E-state index in [1.54, 1.807) is 6.33 Å². The van der Waals surface area contributed by atoms with Crippen LogP contribution in [-0.4, -0.2) is 77.2 Å². The Hall–Kier alpha value is -0.940. The number of nitrogens with zero attached hydrogens (tertiary/aromatic N) is 5. The molecule has 166 valence electrons. The SMILES string of the molecule is CCNC(=NCCn1cnnc1CC)N1CCC(OCC2CCCCO2)CC1.I. The number of aromatic nitrogens is 3. The van der Waals surface area contributed by atoms with Gasteiger partial charge in [-0.15, -0.1) is 34.2 Å². The van der Waals surface area contributed by atoms with Gasteiger partial charge in [-0.1, -0.05) is 6.92 Å². The van der Waals surface area contributed by atoms with Crippen LogP contribution in [0.5, 0.6) is 0 Å². The van der Waals surface area contributed by atoms with Crippen molar-refractivity contribution in [1.82, 2.24) is 25.0 Å². The van der Waals surface area contributed by atoms with E-state index in [9.17, 15) is 0 Å². The summed E-state index contributed by atoms with van der Waals surface area (Å²) in [6, 6.07) is 0. The van der Waals surface area contributed by atoms with Gasteiger partial charge in [0.1, 0.15) is 12.2 Å². The van der Waals surface area contributed by atoms with Gasteiger partial charge < -0.3 is 24.3 Å². The normalized spacial score (nSPS) is 21.1. The maximum absolute atomic E-state index is 6.14. The molecule has 1 atom stereocenters. The zero-order valence-electron chi connectivity index (χ0n) is 17.9. The van der Waals surface area contributed by atoms with Gasteiger partial charge in [0.05, 0.1) is 25.4 Å². The highest BCUT2D eigenvalue weighted by Gasteiger charge is 2.23. The van der Waals surface area contributed by atoms with Gasteiger partial charge >= 0.3 is 0 Å². The maximum atomic E-state index is 6.14. The third-order valence-corrected chi connectivity index (χ3v) is 5.48. The summed E-state index contributed by atoms with van der Waals surface area (Å²) in [5, 5.41) is 11.6. The fourth-order valence-electron chi connectivity index (χ4n) is 3.85. The fourth-order valence-corrected chi connectivity index (χ4v) is 3.85. The number of ether oxygens (including phenoxy) is 2. The molecule has 0 radical (unpaired) electrons. The molecule has 3 rings (SSSR count). The van der Waals surface area contributed by atoms with Crippen LogP contribution in [-0.2, 0) is 22.4 Å². The topological polar surface area (TPSA) is 76.8 Å². The molecular formula is C20H37IN6O2. The predicted molar refractivity (Wildman–Crippen MR) is 125 cm³/mol. The lowest BCUT2D eigenvalue weighted by Crippen LogP contribution is -2.47. The smallest absolute Gasteiger partial charge is 0.193 e. The molecule has 9 heteroatoms. The van der Waals surface area contributed by atoms with Gasteiger partial charge in [0.15, 0.2) is 5.96 Å². The first-order valence-electron chi connectivity index (χ1n) is 10.9. The lowest BCUT2D eigenvalue weighted by atomic mass is 10.1. The van der Waals surface area contributed by atoms with Gasteiger partial charge in [-0.05, 0) is 39.0 Å². The molecule has 2 saturated heterocycles. The van der Waals surface area contributed by atoms with E-state index in [0.29, 0.717) is 12.2 Å². The van der Waals surface area contributed by atoms with E-state index in [4.69, 9.17) is 14.5 Å². The van der Waals surface area contributed by atoms with Crippen molar-refractivity contribution in [1.29, 1.82) is 0 Å².